The van der Waals surface area contributed by atoms with Gasteiger partial charge in [0.05, 0.1) is 18.3 Å². The molecule has 0 aromatic carbocycles. The third-order valence-electron chi connectivity index (χ3n) is 4.64. The number of hydrogen-bond acceptors (Lipinski definition) is 3. The lowest BCUT2D eigenvalue weighted by Crippen LogP contribution is -2.27. The predicted octanol–water partition coefficient (Wildman–Crippen LogP) is 3.76. The van der Waals surface area contributed by atoms with Crippen LogP contribution < -0.4 is 0 Å². The molecule has 0 aromatic heterocycles. The van der Waals surface area contributed by atoms with E-state index < -0.39 is 11.7 Å². The van der Waals surface area contributed by atoms with Gasteiger partial charge in [-0.05, 0) is 56.9 Å². The van der Waals surface area contributed by atoms with E-state index in [1.165, 1.54) is 5.57 Å². The second-order valence-electron chi connectivity index (χ2n) is 7.51. The second kappa shape index (κ2) is 9.41. The Labute approximate surface area is 141 Å². The van der Waals surface area contributed by atoms with Gasteiger partial charge in [0, 0.05) is 6.42 Å². The molecular formula is C20H34O3. The maximum absolute atomic E-state index is 10.5. The quantitative estimate of drug-likeness (QED) is 0.678. The van der Waals surface area contributed by atoms with Crippen molar-refractivity contribution in [2.75, 3.05) is 6.61 Å². The lowest BCUT2D eigenvalue weighted by atomic mass is 9.86. The molecule has 0 radical (unpaired) electrons. The minimum Gasteiger partial charge on any atom is -0.392 e. The molecule has 0 bridgehead atoms. The van der Waals surface area contributed by atoms with Gasteiger partial charge >= 0.3 is 0 Å². The van der Waals surface area contributed by atoms with Crippen molar-refractivity contribution in [1.29, 1.82) is 0 Å². The van der Waals surface area contributed by atoms with Crippen LogP contribution >= 0.6 is 0 Å². The first-order valence-electron chi connectivity index (χ1n) is 8.79. The summed E-state index contributed by atoms with van der Waals surface area (Å²) in [6.45, 7) is 8.25. The number of rotatable bonds is 2. The molecule has 0 unspecified atom stereocenters. The zero-order valence-electron chi connectivity index (χ0n) is 15.1. The second-order valence-corrected chi connectivity index (χ2v) is 7.51. The van der Waals surface area contributed by atoms with Crippen LogP contribution in [0.5, 0.6) is 0 Å². The van der Waals surface area contributed by atoms with Crippen LogP contribution in [0.25, 0.3) is 0 Å². The van der Waals surface area contributed by atoms with E-state index in [1.807, 2.05) is 6.08 Å². The first-order chi connectivity index (χ1) is 10.7. The highest BCUT2D eigenvalue weighted by molar-refractivity contribution is 5.12. The largest absolute Gasteiger partial charge is 0.392 e. The van der Waals surface area contributed by atoms with Crippen LogP contribution in [-0.2, 0) is 0 Å². The molecule has 1 rings (SSSR count). The fourth-order valence-electron chi connectivity index (χ4n) is 3.02. The number of aliphatic hydroxyl groups is 3. The zero-order chi connectivity index (χ0) is 17.5. The summed E-state index contributed by atoms with van der Waals surface area (Å²) in [4.78, 5) is 0. The molecule has 3 atom stereocenters. The molecular weight excluding hydrogens is 288 g/mol. The van der Waals surface area contributed by atoms with Gasteiger partial charge in [-0.25, -0.2) is 0 Å². The van der Waals surface area contributed by atoms with Crippen LogP contribution in [0.3, 0.4) is 0 Å². The van der Waals surface area contributed by atoms with Crippen LogP contribution in [0.2, 0.25) is 0 Å². The molecule has 0 fully saturated rings. The molecule has 0 heterocycles. The van der Waals surface area contributed by atoms with Crippen LogP contribution in [0.4, 0.5) is 0 Å². The SMILES string of the molecule is C/C1=C\CC/C(CO)=C/[C@H](O)C[C@@](C)(O)C=C[C@H](C(C)C)CC1. The highest BCUT2D eigenvalue weighted by atomic mass is 16.3. The van der Waals surface area contributed by atoms with Crippen molar-refractivity contribution in [3.8, 4) is 0 Å². The summed E-state index contributed by atoms with van der Waals surface area (Å²) in [5, 5.41) is 30.1. The van der Waals surface area contributed by atoms with Gasteiger partial charge in [-0.15, -0.1) is 0 Å². The molecule has 0 spiro atoms. The summed E-state index contributed by atoms with van der Waals surface area (Å²) in [5.41, 5.74) is 1.16. The Kier molecular flexibility index (Phi) is 8.24. The highest BCUT2D eigenvalue weighted by Crippen LogP contribution is 2.25. The Morgan fingerprint density at radius 2 is 2.00 bits per heavy atom. The maximum atomic E-state index is 10.5. The molecule has 3 N–H and O–H groups in total. The molecule has 3 nitrogen and oxygen atoms in total. The number of hydrogen-bond donors (Lipinski definition) is 3. The van der Waals surface area contributed by atoms with E-state index in [1.54, 1.807) is 13.0 Å². The first kappa shape index (κ1) is 20.1. The normalized spacial score (nSPS) is 36.0. The van der Waals surface area contributed by atoms with Crippen molar-refractivity contribution in [1.82, 2.24) is 0 Å². The lowest BCUT2D eigenvalue weighted by Gasteiger charge is -2.24. The molecule has 1 aliphatic rings. The van der Waals surface area contributed by atoms with Crippen LogP contribution in [0.1, 0.15) is 59.8 Å². The Hall–Kier alpha value is -0.900. The van der Waals surface area contributed by atoms with Gasteiger partial charge in [0.25, 0.3) is 0 Å². The smallest absolute Gasteiger partial charge is 0.0827 e. The summed E-state index contributed by atoms with van der Waals surface area (Å²) in [6, 6.07) is 0. The minimum atomic E-state index is -1.04. The molecule has 0 aromatic rings. The van der Waals surface area contributed by atoms with Gasteiger partial charge in [0.2, 0.25) is 0 Å². The number of allylic oxidation sites excluding steroid dienone is 3. The molecule has 0 saturated heterocycles. The Morgan fingerprint density at radius 3 is 2.61 bits per heavy atom. The average Bonchev–Trinajstić information content (AvgIpc) is 2.44. The van der Waals surface area contributed by atoms with Crippen molar-refractivity contribution in [3.05, 3.63) is 35.5 Å². The summed E-state index contributed by atoms with van der Waals surface area (Å²) in [7, 11) is 0. The molecule has 132 valence electrons. The average molecular weight is 322 g/mol. The van der Waals surface area contributed by atoms with E-state index in [2.05, 4.69) is 32.9 Å². The van der Waals surface area contributed by atoms with Gasteiger partial charge < -0.3 is 15.3 Å². The predicted molar refractivity (Wildman–Crippen MR) is 96.1 cm³/mol. The van der Waals surface area contributed by atoms with Crippen molar-refractivity contribution in [3.63, 3.8) is 0 Å². The van der Waals surface area contributed by atoms with E-state index in [4.69, 9.17) is 0 Å². The molecule has 1 aliphatic carbocycles. The van der Waals surface area contributed by atoms with E-state index in [0.29, 0.717) is 11.8 Å². The Morgan fingerprint density at radius 1 is 1.30 bits per heavy atom. The summed E-state index contributed by atoms with van der Waals surface area (Å²) in [5.74, 6) is 0.946. The van der Waals surface area contributed by atoms with Gasteiger partial charge in [-0.3, -0.25) is 0 Å². The molecule has 0 saturated carbocycles. The monoisotopic (exact) mass is 322 g/mol. The van der Waals surface area contributed by atoms with E-state index in [9.17, 15) is 15.3 Å². The summed E-state index contributed by atoms with van der Waals surface area (Å²) < 4.78 is 0. The molecule has 23 heavy (non-hydrogen) atoms. The fourth-order valence-corrected chi connectivity index (χ4v) is 3.02. The molecule has 0 amide bonds. The van der Waals surface area contributed by atoms with Crippen LogP contribution in [0, 0.1) is 11.8 Å². The van der Waals surface area contributed by atoms with E-state index in [0.717, 1.165) is 31.3 Å². The van der Waals surface area contributed by atoms with Crippen molar-refractivity contribution < 1.29 is 15.3 Å². The topological polar surface area (TPSA) is 60.7 Å². The van der Waals surface area contributed by atoms with Crippen LogP contribution in [-0.4, -0.2) is 33.6 Å². The zero-order valence-corrected chi connectivity index (χ0v) is 15.1. The molecule has 3 heteroatoms. The Bertz CT molecular complexity index is 444. The van der Waals surface area contributed by atoms with Crippen molar-refractivity contribution in [2.45, 2.75) is 71.5 Å². The van der Waals surface area contributed by atoms with Gasteiger partial charge in [-0.2, -0.15) is 0 Å². The van der Waals surface area contributed by atoms with Gasteiger partial charge in [0.1, 0.15) is 0 Å². The van der Waals surface area contributed by atoms with Gasteiger partial charge in [-0.1, -0.05) is 43.7 Å². The number of aliphatic hydroxyl groups excluding tert-OH is 2. The van der Waals surface area contributed by atoms with E-state index in [-0.39, 0.29) is 13.0 Å². The van der Waals surface area contributed by atoms with Gasteiger partial charge in [0.15, 0.2) is 0 Å². The molecule has 0 aliphatic heterocycles. The van der Waals surface area contributed by atoms with E-state index >= 15 is 0 Å². The maximum Gasteiger partial charge on any atom is 0.0827 e. The van der Waals surface area contributed by atoms with Crippen molar-refractivity contribution in [2.24, 2.45) is 11.8 Å². The minimum absolute atomic E-state index is 0.0443. The third kappa shape index (κ3) is 7.96. The first-order valence-corrected chi connectivity index (χ1v) is 8.79. The summed E-state index contributed by atoms with van der Waals surface area (Å²) in [6.07, 6.45) is 11.1. The standard InChI is InChI=1S/C20H34O3/c1-15(2)18-9-8-16(3)6-5-7-17(14-21)12-19(22)13-20(4,23)11-10-18/h6,10-12,15,18-19,21-23H,5,7-9,13-14H2,1-4H3/b11-10?,16-6+,17-12-/t18-,19+,20+/m1/s1. The third-order valence-corrected chi connectivity index (χ3v) is 4.64. The lowest BCUT2D eigenvalue weighted by molar-refractivity contribution is 0.0562. The highest BCUT2D eigenvalue weighted by Gasteiger charge is 2.22. The Balaban J connectivity index is 3.01. The van der Waals surface area contributed by atoms with Crippen LogP contribution in [0.15, 0.2) is 35.5 Å². The van der Waals surface area contributed by atoms with Crippen molar-refractivity contribution >= 4 is 0 Å². The fraction of sp³-hybridized carbons (Fsp3) is 0.700. The summed E-state index contributed by atoms with van der Waals surface area (Å²) >= 11 is 0.